The third kappa shape index (κ3) is 8.15. The Morgan fingerprint density at radius 2 is 0.518 bits per heavy atom. The maximum Gasteiger partial charge on any atom is 0.164 e. The minimum atomic E-state index is -1.44. The van der Waals surface area contributed by atoms with Gasteiger partial charge in [-0.2, -0.15) is 0 Å². The van der Waals surface area contributed by atoms with Crippen LogP contribution in [0.4, 0.5) is 0 Å². The molecule has 0 saturated heterocycles. The molecule has 0 aliphatic heterocycles. The molecule has 0 bridgehead atoms. The number of nitrogens with zero attached hydrogens (tertiary/aromatic N) is 3. The van der Waals surface area contributed by atoms with Crippen molar-refractivity contribution in [3.8, 4) is 78.7 Å². The van der Waals surface area contributed by atoms with Crippen LogP contribution in [0.25, 0.3) is 78.7 Å². The van der Waals surface area contributed by atoms with Gasteiger partial charge in [-0.1, -0.05) is 201 Å². The standard InChI is InChI=1S/C51H47N3Si2/c1-55(2,3)47-28-24-36(25-29-47)39-16-10-17-40(32-39)41-18-11-19-42(33-41)43-20-12-21-44(34-43)45-22-13-23-46(35-45)51-53-49(37-14-8-7-9-15-37)52-50(54-51)38-26-30-48(31-27-38)56(4,5)6/h7-35H,1-6H3. The Morgan fingerprint density at radius 1 is 0.250 bits per heavy atom. The van der Waals surface area contributed by atoms with Crippen LogP contribution in [0, 0.1) is 0 Å². The molecule has 0 saturated carbocycles. The molecule has 8 aromatic rings. The quantitative estimate of drug-likeness (QED) is 0.138. The summed E-state index contributed by atoms with van der Waals surface area (Å²) in [6, 6.07) is 63.2. The fourth-order valence-corrected chi connectivity index (χ4v) is 9.44. The molecule has 0 radical (unpaired) electrons. The molecule has 0 aliphatic rings. The van der Waals surface area contributed by atoms with E-state index in [1.165, 1.54) is 43.8 Å². The van der Waals surface area contributed by atoms with Gasteiger partial charge >= 0.3 is 0 Å². The van der Waals surface area contributed by atoms with Gasteiger partial charge in [-0.3, -0.25) is 0 Å². The van der Waals surface area contributed by atoms with Gasteiger partial charge in [0, 0.05) is 16.7 Å². The van der Waals surface area contributed by atoms with Crippen LogP contribution in [0.3, 0.4) is 0 Å². The molecule has 8 rings (SSSR count). The first-order valence-electron chi connectivity index (χ1n) is 19.4. The first-order chi connectivity index (χ1) is 27.0. The van der Waals surface area contributed by atoms with Gasteiger partial charge in [-0.15, -0.1) is 0 Å². The summed E-state index contributed by atoms with van der Waals surface area (Å²) >= 11 is 0. The molecule has 1 heterocycles. The van der Waals surface area contributed by atoms with Crippen LogP contribution >= 0.6 is 0 Å². The van der Waals surface area contributed by atoms with Crippen molar-refractivity contribution in [2.75, 3.05) is 0 Å². The van der Waals surface area contributed by atoms with Crippen LogP contribution in [-0.2, 0) is 0 Å². The van der Waals surface area contributed by atoms with Crippen molar-refractivity contribution < 1.29 is 0 Å². The van der Waals surface area contributed by atoms with E-state index in [1.54, 1.807) is 0 Å². The Kier molecular flexibility index (Phi) is 10.1. The fraction of sp³-hybridized carbons (Fsp3) is 0.118. The molecule has 0 fully saturated rings. The highest BCUT2D eigenvalue weighted by molar-refractivity contribution is 6.89. The average molecular weight is 758 g/mol. The van der Waals surface area contributed by atoms with E-state index in [0.717, 1.165) is 27.8 Å². The summed E-state index contributed by atoms with van der Waals surface area (Å²) in [4.78, 5) is 15.0. The Bertz CT molecular complexity index is 2640. The van der Waals surface area contributed by atoms with E-state index in [0.29, 0.717) is 17.5 Å². The van der Waals surface area contributed by atoms with Crippen molar-refractivity contribution in [1.29, 1.82) is 0 Å². The molecule has 5 heteroatoms. The lowest BCUT2D eigenvalue weighted by Crippen LogP contribution is -2.37. The number of aromatic nitrogens is 3. The molecule has 3 nitrogen and oxygen atoms in total. The molecule has 0 amide bonds. The van der Waals surface area contributed by atoms with Crippen molar-refractivity contribution in [3.63, 3.8) is 0 Å². The minimum absolute atomic E-state index is 0.656. The molecule has 274 valence electrons. The highest BCUT2D eigenvalue weighted by atomic mass is 28.3. The largest absolute Gasteiger partial charge is 0.208 e. The smallest absolute Gasteiger partial charge is 0.164 e. The zero-order valence-electron chi connectivity index (χ0n) is 33.1. The van der Waals surface area contributed by atoms with Crippen LogP contribution in [0.2, 0.25) is 39.3 Å². The highest BCUT2D eigenvalue weighted by Gasteiger charge is 2.18. The Hall–Kier alpha value is -6.02. The molecule has 0 atom stereocenters. The van der Waals surface area contributed by atoms with Gasteiger partial charge in [-0.25, -0.2) is 15.0 Å². The van der Waals surface area contributed by atoms with Gasteiger partial charge in [0.1, 0.15) is 0 Å². The maximum absolute atomic E-state index is 5.06. The van der Waals surface area contributed by atoms with Gasteiger partial charge < -0.3 is 0 Å². The summed E-state index contributed by atoms with van der Waals surface area (Å²) in [7, 11) is -2.78. The van der Waals surface area contributed by atoms with E-state index >= 15 is 0 Å². The fourth-order valence-electron chi connectivity index (χ4n) is 7.11. The number of hydrogen-bond acceptors (Lipinski definition) is 3. The van der Waals surface area contributed by atoms with Crippen LogP contribution in [0.5, 0.6) is 0 Å². The molecule has 0 unspecified atom stereocenters. The first-order valence-corrected chi connectivity index (χ1v) is 26.4. The summed E-state index contributed by atoms with van der Waals surface area (Å²) in [6.45, 7) is 14.3. The van der Waals surface area contributed by atoms with Crippen molar-refractivity contribution in [1.82, 2.24) is 15.0 Å². The lowest BCUT2D eigenvalue weighted by molar-refractivity contribution is 1.07. The molecule has 1 aromatic heterocycles. The van der Waals surface area contributed by atoms with Crippen molar-refractivity contribution in [2.24, 2.45) is 0 Å². The van der Waals surface area contributed by atoms with E-state index in [4.69, 9.17) is 15.0 Å². The van der Waals surface area contributed by atoms with E-state index in [-0.39, 0.29) is 0 Å². The van der Waals surface area contributed by atoms with Gasteiger partial charge in [-0.05, 0) is 68.8 Å². The lowest BCUT2D eigenvalue weighted by atomic mass is 9.94. The summed E-state index contributed by atoms with van der Waals surface area (Å²) in [5.41, 5.74) is 12.4. The number of hydrogen-bond donors (Lipinski definition) is 0. The Balaban J connectivity index is 1.11. The number of rotatable bonds is 9. The van der Waals surface area contributed by atoms with Gasteiger partial charge in [0.2, 0.25) is 0 Å². The minimum Gasteiger partial charge on any atom is -0.208 e. The van der Waals surface area contributed by atoms with Crippen LogP contribution < -0.4 is 10.4 Å². The molecular formula is C51H47N3Si2. The maximum atomic E-state index is 5.06. The predicted molar refractivity (Wildman–Crippen MR) is 244 cm³/mol. The topological polar surface area (TPSA) is 38.7 Å². The molecule has 56 heavy (non-hydrogen) atoms. The molecular weight excluding hydrogens is 711 g/mol. The van der Waals surface area contributed by atoms with Crippen molar-refractivity contribution in [2.45, 2.75) is 39.3 Å². The normalized spacial score (nSPS) is 11.8. The summed E-state index contributed by atoms with van der Waals surface area (Å²) in [6.07, 6.45) is 0. The van der Waals surface area contributed by atoms with Gasteiger partial charge in [0.25, 0.3) is 0 Å². The van der Waals surface area contributed by atoms with Crippen molar-refractivity contribution >= 4 is 26.5 Å². The van der Waals surface area contributed by atoms with Crippen LogP contribution in [-0.4, -0.2) is 31.1 Å². The zero-order valence-corrected chi connectivity index (χ0v) is 35.1. The summed E-state index contributed by atoms with van der Waals surface area (Å²) < 4.78 is 0. The van der Waals surface area contributed by atoms with Gasteiger partial charge in [0.15, 0.2) is 17.5 Å². The van der Waals surface area contributed by atoms with Gasteiger partial charge in [0.05, 0.1) is 16.1 Å². The zero-order chi connectivity index (χ0) is 38.9. The molecule has 7 aromatic carbocycles. The summed E-state index contributed by atoms with van der Waals surface area (Å²) in [5.74, 6) is 1.99. The van der Waals surface area contributed by atoms with E-state index < -0.39 is 16.1 Å². The van der Waals surface area contributed by atoms with Crippen molar-refractivity contribution in [3.05, 3.63) is 176 Å². The molecule has 0 spiro atoms. The Labute approximate surface area is 333 Å². The third-order valence-electron chi connectivity index (χ3n) is 10.5. The third-order valence-corrected chi connectivity index (χ3v) is 14.6. The highest BCUT2D eigenvalue weighted by Crippen LogP contribution is 2.33. The first kappa shape index (κ1) is 36.9. The van der Waals surface area contributed by atoms with E-state index in [2.05, 4.69) is 197 Å². The lowest BCUT2D eigenvalue weighted by Gasteiger charge is -2.17. The SMILES string of the molecule is C[Si](C)(C)c1ccc(-c2cccc(-c3cccc(-c4cccc(-c5cccc(-c6nc(-c7ccccc7)nc(-c7ccc([Si](C)(C)C)cc7)n6)c5)c4)c3)c2)cc1. The van der Waals surface area contributed by atoms with E-state index in [9.17, 15) is 0 Å². The Morgan fingerprint density at radius 3 is 0.893 bits per heavy atom. The predicted octanol–water partition coefficient (Wildman–Crippen LogP) is 12.6. The second kappa shape index (κ2) is 15.3. The monoisotopic (exact) mass is 757 g/mol. The average Bonchev–Trinajstić information content (AvgIpc) is 3.23. The van der Waals surface area contributed by atoms with E-state index in [1.807, 2.05) is 18.2 Å². The second-order valence-electron chi connectivity index (χ2n) is 16.7. The van der Waals surface area contributed by atoms with Crippen LogP contribution in [0.15, 0.2) is 176 Å². The summed E-state index contributed by atoms with van der Waals surface area (Å²) in [5, 5.41) is 2.89. The second-order valence-corrected chi connectivity index (χ2v) is 26.8. The number of benzene rings is 7. The molecule has 0 aliphatic carbocycles. The van der Waals surface area contributed by atoms with Crippen LogP contribution in [0.1, 0.15) is 0 Å². The molecule has 0 N–H and O–H groups in total.